The highest BCUT2D eigenvalue weighted by Crippen LogP contribution is 2.38. The molecule has 2 aromatic rings. The fourth-order valence-electron chi connectivity index (χ4n) is 3.14. The van der Waals surface area contributed by atoms with E-state index in [1.165, 1.54) is 16.2 Å². The smallest absolute Gasteiger partial charge is 0.341 e. The molecule has 148 valence electrons. The predicted molar refractivity (Wildman–Crippen MR) is 114 cm³/mol. The van der Waals surface area contributed by atoms with Gasteiger partial charge < -0.3 is 10.1 Å². The van der Waals surface area contributed by atoms with Crippen LogP contribution in [0.2, 0.25) is 0 Å². The highest BCUT2D eigenvalue weighted by molar-refractivity contribution is 7.16. The number of hydrogen-bond donors (Lipinski definition) is 1. The van der Waals surface area contributed by atoms with Crippen molar-refractivity contribution < 1.29 is 9.53 Å². The Bertz CT molecular complexity index is 937. The topological polar surface area (TPSA) is 78.2 Å². The predicted octanol–water partition coefficient (Wildman–Crippen LogP) is 4.43. The molecule has 0 bridgehead atoms. The van der Waals surface area contributed by atoms with Crippen molar-refractivity contribution in [2.45, 2.75) is 46.7 Å². The Kier molecular flexibility index (Phi) is 6.50. The summed E-state index contributed by atoms with van der Waals surface area (Å²) < 4.78 is 5.31. The first kappa shape index (κ1) is 20.5. The van der Waals surface area contributed by atoms with Crippen LogP contribution in [-0.2, 0) is 17.7 Å². The average molecular weight is 417 g/mol. The lowest BCUT2D eigenvalue weighted by Crippen LogP contribution is -2.35. The third-order valence-corrected chi connectivity index (χ3v) is 6.76. The van der Waals surface area contributed by atoms with Crippen molar-refractivity contribution in [3.63, 3.8) is 0 Å². The Morgan fingerprint density at radius 3 is 2.93 bits per heavy atom. The second kappa shape index (κ2) is 8.86. The largest absolute Gasteiger partial charge is 0.462 e. The summed E-state index contributed by atoms with van der Waals surface area (Å²) in [6.45, 7) is 10.2. The number of carbonyl (C=O) groups excluding carboxylic acids is 1. The van der Waals surface area contributed by atoms with E-state index in [0.717, 1.165) is 35.8 Å². The molecule has 1 aliphatic rings. The Balaban J connectivity index is 1.94. The maximum atomic E-state index is 12.6. The fraction of sp³-hybridized carbons (Fsp3) is 0.450. The number of anilines is 1. The minimum absolute atomic E-state index is 0.308. The first-order chi connectivity index (χ1) is 13.4. The lowest BCUT2D eigenvalue weighted by atomic mass is 10.0. The fourth-order valence-corrected chi connectivity index (χ4v) is 5.14. The van der Waals surface area contributed by atoms with Gasteiger partial charge in [0.05, 0.1) is 12.2 Å². The zero-order chi connectivity index (χ0) is 20.3. The van der Waals surface area contributed by atoms with Gasteiger partial charge in [0.2, 0.25) is 0 Å². The van der Waals surface area contributed by atoms with E-state index in [2.05, 4.69) is 35.1 Å². The van der Waals surface area contributed by atoms with E-state index in [9.17, 15) is 10.1 Å². The lowest BCUT2D eigenvalue weighted by Gasteiger charge is -2.30. The molecule has 6 nitrogen and oxygen atoms in total. The lowest BCUT2D eigenvalue weighted by molar-refractivity contribution is 0.0526. The second-order valence-electron chi connectivity index (χ2n) is 6.85. The molecule has 0 atom stereocenters. The molecule has 28 heavy (non-hydrogen) atoms. The van der Waals surface area contributed by atoms with Gasteiger partial charge in [0.25, 0.3) is 0 Å². The highest BCUT2D eigenvalue weighted by Gasteiger charge is 2.29. The van der Waals surface area contributed by atoms with E-state index in [4.69, 9.17) is 4.74 Å². The van der Waals surface area contributed by atoms with Crippen LogP contribution in [0.5, 0.6) is 0 Å². The van der Waals surface area contributed by atoms with E-state index < -0.39 is 0 Å². The Labute approximate surface area is 173 Å². The van der Waals surface area contributed by atoms with Crippen LogP contribution >= 0.6 is 22.7 Å². The maximum absolute atomic E-state index is 12.6. The van der Waals surface area contributed by atoms with Gasteiger partial charge in [-0.3, -0.25) is 4.90 Å². The van der Waals surface area contributed by atoms with Gasteiger partial charge in [-0.15, -0.1) is 22.7 Å². The van der Waals surface area contributed by atoms with Crippen molar-refractivity contribution >= 4 is 39.2 Å². The minimum Gasteiger partial charge on any atom is -0.462 e. The van der Waals surface area contributed by atoms with Gasteiger partial charge in [0, 0.05) is 41.3 Å². The van der Waals surface area contributed by atoms with Crippen LogP contribution in [0.1, 0.15) is 52.3 Å². The van der Waals surface area contributed by atoms with E-state index in [1.54, 1.807) is 17.5 Å². The first-order valence-electron chi connectivity index (χ1n) is 9.29. The van der Waals surface area contributed by atoms with Gasteiger partial charge in [0.1, 0.15) is 21.7 Å². The summed E-state index contributed by atoms with van der Waals surface area (Å²) in [6.07, 6.45) is 2.46. The third-order valence-electron chi connectivity index (χ3n) is 4.61. The van der Waals surface area contributed by atoms with Crippen molar-refractivity contribution in [1.82, 2.24) is 9.88 Å². The Hall–Kier alpha value is -2.21. The summed E-state index contributed by atoms with van der Waals surface area (Å²) >= 11 is 3.00. The summed E-state index contributed by atoms with van der Waals surface area (Å²) in [5.74, 6) is -0.308. The molecule has 0 saturated carbocycles. The first-order valence-corrected chi connectivity index (χ1v) is 11.0. The van der Waals surface area contributed by atoms with E-state index >= 15 is 0 Å². The third kappa shape index (κ3) is 4.27. The molecule has 3 rings (SSSR count). The zero-order valence-corrected chi connectivity index (χ0v) is 18.2. The average Bonchev–Trinajstić information content (AvgIpc) is 3.25. The van der Waals surface area contributed by atoms with Crippen LogP contribution in [-0.4, -0.2) is 35.0 Å². The molecular formula is C20H24N4O2S2. The number of carbonyl (C=O) groups is 1. The Morgan fingerprint density at radius 1 is 1.54 bits per heavy atom. The molecule has 0 fully saturated rings. The van der Waals surface area contributed by atoms with Crippen LogP contribution in [0, 0.1) is 18.3 Å². The van der Waals surface area contributed by atoms with Gasteiger partial charge >= 0.3 is 5.97 Å². The van der Waals surface area contributed by atoms with Gasteiger partial charge in [-0.25, -0.2) is 9.78 Å². The standard InChI is InChI=1S/C20H24N4O2S2/c1-5-26-20(25)17-15-6-7-24(12(2)3)10-16(15)28-19(17)22-9-14(8-21)18-23-13(4)11-27-18/h9,11-12,22H,5-7,10H2,1-4H3/b14-9+. The second-order valence-corrected chi connectivity index (χ2v) is 8.81. The molecule has 8 heteroatoms. The van der Waals surface area contributed by atoms with Crippen molar-refractivity contribution in [3.05, 3.63) is 38.3 Å². The van der Waals surface area contributed by atoms with Crippen LogP contribution in [0.15, 0.2) is 11.6 Å². The molecule has 0 aliphatic carbocycles. The zero-order valence-electron chi connectivity index (χ0n) is 16.5. The van der Waals surface area contributed by atoms with E-state index in [1.807, 2.05) is 19.2 Å². The number of aromatic nitrogens is 1. The summed E-state index contributed by atoms with van der Waals surface area (Å²) in [7, 11) is 0. The number of rotatable bonds is 6. The van der Waals surface area contributed by atoms with Crippen LogP contribution in [0.25, 0.3) is 5.57 Å². The number of thiophene rings is 1. The summed E-state index contributed by atoms with van der Waals surface area (Å²) in [5.41, 5.74) is 3.01. The van der Waals surface area contributed by atoms with Gasteiger partial charge in [-0.05, 0) is 39.7 Å². The maximum Gasteiger partial charge on any atom is 0.341 e. The Morgan fingerprint density at radius 2 is 2.32 bits per heavy atom. The van der Waals surface area contributed by atoms with Crippen molar-refractivity contribution in [3.8, 4) is 6.07 Å². The number of esters is 1. The number of ether oxygens (including phenoxy) is 1. The van der Waals surface area contributed by atoms with Gasteiger partial charge in [0.15, 0.2) is 0 Å². The number of hydrogen-bond acceptors (Lipinski definition) is 8. The van der Waals surface area contributed by atoms with E-state index in [0.29, 0.717) is 28.8 Å². The number of nitrogens with zero attached hydrogens (tertiary/aromatic N) is 3. The van der Waals surface area contributed by atoms with Gasteiger partial charge in [-0.2, -0.15) is 5.26 Å². The molecule has 1 N–H and O–H groups in total. The molecule has 1 aliphatic heterocycles. The number of allylic oxidation sites excluding steroid dienone is 1. The molecule has 0 aromatic carbocycles. The number of nitriles is 1. The van der Waals surface area contributed by atoms with Crippen LogP contribution in [0.3, 0.4) is 0 Å². The quantitative estimate of drug-likeness (QED) is 0.554. The highest BCUT2D eigenvalue weighted by atomic mass is 32.1. The van der Waals surface area contributed by atoms with Crippen LogP contribution in [0.4, 0.5) is 5.00 Å². The van der Waals surface area contributed by atoms with Crippen molar-refractivity contribution in [1.29, 1.82) is 5.26 Å². The summed E-state index contributed by atoms with van der Waals surface area (Å²) in [6, 6.07) is 2.64. The molecule has 0 spiro atoms. The molecule has 0 unspecified atom stereocenters. The minimum atomic E-state index is -0.308. The number of aryl methyl sites for hydroxylation is 1. The van der Waals surface area contributed by atoms with Crippen LogP contribution < -0.4 is 5.32 Å². The monoisotopic (exact) mass is 416 g/mol. The van der Waals surface area contributed by atoms with Crippen molar-refractivity contribution in [2.24, 2.45) is 0 Å². The summed E-state index contributed by atoms with van der Waals surface area (Å²) in [5, 5.41) is 16.0. The van der Waals surface area contributed by atoms with Gasteiger partial charge in [-0.1, -0.05) is 0 Å². The molecule has 0 saturated heterocycles. The number of fused-ring (bicyclic) bond motifs is 1. The molecule has 2 aromatic heterocycles. The molecular weight excluding hydrogens is 392 g/mol. The van der Waals surface area contributed by atoms with Crippen molar-refractivity contribution in [2.75, 3.05) is 18.5 Å². The number of thiazole rings is 1. The number of nitrogens with one attached hydrogen (secondary N) is 1. The molecule has 0 radical (unpaired) electrons. The molecule has 3 heterocycles. The van der Waals surface area contributed by atoms with E-state index in [-0.39, 0.29) is 5.97 Å². The SMILES string of the molecule is CCOC(=O)c1c(N/C=C(\C#N)c2nc(C)cs2)sc2c1CCN(C(C)C)C2. The molecule has 0 amide bonds. The normalized spacial score (nSPS) is 14.6. The summed E-state index contributed by atoms with van der Waals surface area (Å²) in [4.78, 5) is 20.6.